The van der Waals surface area contributed by atoms with E-state index in [2.05, 4.69) is 0 Å². The standard InChI is InChI=1S/C12H14ClFN2O3S/c1-15(2)11-4-3-8(5-10(11)14)16-7-9(6-12(16)17)20(13,18)19/h3-5,9H,6-7H2,1-2H3. The van der Waals surface area contributed by atoms with Gasteiger partial charge in [-0.25, -0.2) is 12.8 Å². The van der Waals surface area contributed by atoms with Gasteiger partial charge in [0.1, 0.15) is 11.1 Å². The quantitative estimate of drug-likeness (QED) is 0.793. The predicted molar refractivity (Wildman–Crippen MR) is 76.3 cm³/mol. The summed E-state index contributed by atoms with van der Waals surface area (Å²) in [6, 6.07) is 4.34. The number of carbonyl (C=O) groups excluding carboxylic acids is 1. The molecule has 0 radical (unpaired) electrons. The number of rotatable bonds is 3. The van der Waals surface area contributed by atoms with Crippen molar-refractivity contribution < 1.29 is 17.6 Å². The maximum atomic E-state index is 13.9. The third-order valence-corrected chi connectivity index (χ3v) is 5.08. The third-order valence-electron chi connectivity index (χ3n) is 3.21. The lowest BCUT2D eigenvalue weighted by atomic mass is 10.2. The van der Waals surface area contributed by atoms with Crippen LogP contribution >= 0.6 is 10.7 Å². The molecular weight excluding hydrogens is 307 g/mol. The van der Waals surface area contributed by atoms with Gasteiger partial charge in [-0.3, -0.25) is 4.79 Å². The second-order valence-electron chi connectivity index (χ2n) is 4.84. The van der Waals surface area contributed by atoms with Crippen molar-refractivity contribution in [3.63, 3.8) is 0 Å². The predicted octanol–water partition coefficient (Wildman–Crippen LogP) is 1.57. The van der Waals surface area contributed by atoms with E-state index in [-0.39, 0.29) is 18.9 Å². The van der Waals surface area contributed by atoms with Crippen LogP contribution in [0.3, 0.4) is 0 Å². The SMILES string of the molecule is CN(C)c1ccc(N2CC(S(=O)(=O)Cl)CC2=O)cc1F. The number of hydrogen-bond donors (Lipinski definition) is 0. The highest BCUT2D eigenvalue weighted by Crippen LogP contribution is 2.29. The fraction of sp³-hybridized carbons (Fsp3) is 0.417. The van der Waals surface area contributed by atoms with Crippen LogP contribution in [-0.2, 0) is 13.8 Å². The number of anilines is 2. The molecular formula is C12H14ClFN2O3S. The van der Waals surface area contributed by atoms with Crippen LogP contribution in [0, 0.1) is 5.82 Å². The van der Waals surface area contributed by atoms with Gasteiger partial charge in [-0.1, -0.05) is 0 Å². The van der Waals surface area contributed by atoms with Crippen molar-refractivity contribution >= 4 is 37.0 Å². The zero-order valence-electron chi connectivity index (χ0n) is 11.0. The molecule has 1 aromatic rings. The van der Waals surface area contributed by atoms with Gasteiger partial charge in [0.05, 0.1) is 5.69 Å². The number of amides is 1. The van der Waals surface area contributed by atoms with E-state index in [1.54, 1.807) is 31.1 Å². The van der Waals surface area contributed by atoms with E-state index in [0.717, 1.165) is 0 Å². The highest BCUT2D eigenvalue weighted by molar-refractivity contribution is 8.14. The molecule has 110 valence electrons. The minimum Gasteiger partial charge on any atom is -0.375 e. The molecule has 1 fully saturated rings. The van der Waals surface area contributed by atoms with Gasteiger partial charge in [-0.05, 0) is 18.2 Å². The Morgan fingerprint density at radius 2 is 2.05 bits per heavy atom. The van der Waals surface area contributed by atoms with Gasteiger partial charge in [-0.15, -0.1) is 0 Å². The number of nitrogens with zero attached hydrogens (tertiary/aromatic N) is 2. The minimum atomic E-state index is -3.80. The van der Waals surface area contributed by atoms with Gasteiger partial charge in [0, 0.05) is 43.4 Å². The third kappa shape index (κ3) is 2.88. The Hall–Kier alpha value is -1.34. The van der Waals surface area contributed by atoms with Crippen molar-refractivity contribution in [3.8, 4) is 0 Å². The molecule has 0 aliphatic carbocycles. The molecule has 2 rings (SSSR count). The van der Waals surface area contributed by atoms with Crippen molar-refractivity contribution in [2.24, 2.45) is 0 Å². The Morgan fingerprint density at radius 3 is 2.50 bits per heavy atom. The van der Waals surface area contributed by atoms with Crippen molar-refractivity contribution in [1.29, 1.82) is 0 Å². The Kier molecular flexibility index (Phi) is 3.93. The van der Waals surface area contributed by atoms with Crippen molar-refractivity contribution in [2.75, 3.05) is 30.4 Å². The van der Waals surface area contributed by atoms with Crippen LogP contribution in [0.5, 0.6) is 0 Å². The van der Waals surface area contributed by atoms with E-state index < -0.39 is 20.1 Å². The summed E-state index contributed by atoms with van der Waals surface area (Å²) in [5.74, 6) is -0.853. The summed E-state index contributed by atoms with van der Waals surface area (Å²) in [6.45, 7) is -0.0502. The van der Waals surface area contributed by atoms with E-state index in [1.165, 1.54) is 11.0 Å². The van der Waals surface area contributed by atoms with Crippen LogP contribution < -0.4 is 9.80 Å². The first kappa shape index (κ1) is 15.1. The second-order valence-corrected chi connectivity index (χ2v) is 7.74. The summed E-state index contributed by atoms with van der Waals surface area (Å²) < 4.78 is 36.4. The van der Waals surface area contributed by atoms with E-state index >= 15 is 0 Å². The molecule has 0 bridgehead atoms. The van der Waals surface area contributed by atoms with Crippen molar-refractivity contribution in [1.82, 2.24) is 0 Å². The molecule has 8 heteroatoms. The van der Waals surface area contributed by atoms with E-state index in [9.17, 15) is 17.6 Å². The maximum Gasteiger partial charge on any atom is 0.237 e. The molecule has 1 aromatic carbocycles. The number of halogens is 2. The smallest absolute Gasteiger partial charge is 0.237 e. The summed E-state index contributed by atoms with van der Waals surface area (Å²) in [5.41, 5.74) is 0.725. The van der Waals surface area contributed by atoms with Gasteiger partial charge >= 0.3 is 0 Å². The van der Waals surface area contributed by atoms with Gasteiger partial charge in [0.2, 0.25) is 15.0 Å². The zero-order chi connectivity index (χ0) is 15.1. The average Bonchev–Trinajstić information content (AvgIpc) is 2.70. The van der Waals surface area contributed by atoms with E-state index in [4.69, 9.17) is 10.7 Å². The van der Waals surface area contributed by atoms with Crippen molar-refractivity contribution in [2.45, 2.75) is 11.7 Å². The molecule has 0 N–H and O–H groups in total. The molecule has 1 amide bonds. The average molecular weight is 321 g/mol. The Bertz CT molecular complexity index is 648. The Labute approximate surface area is 121 Å². The molecule has 5 nitrogen and oxygen atoms in total. The van der Waals surface area contributed by atoms with Crippen LogP contribution in [-0.4, -0.2) is 40.2 Å². The van der Waals surface area contributed by atoms with Gasteiger partial charge < -0.3 is 9.80 Å². The van der Waals surface area contributed by atoms with Gasteiger partial charge in [0.15, 0.2) is 0 Å². The second kappa shape index (κ2) is 5.21. The lowest BCUT2D eigenvalue weighted by Crippen LogP contribution is -2.27. The van der Waals surface area contributed by atoms with Crippen LogP contribution in [0.25, 0.3) is 0 Å². The number of benzene rings is 1. The summed E-state index contributed by atoms with van der Waals surface area (Å²) in [6.07, 6.45) is -0.178. The van der Waals surface area contributed by atoms with Crippen LogP contribution in [0.1, 0.15) is 6.42 Å². The molecule has 1 heterocycles. The first-order valence-corrected chi connectivity index (χ1v) is 8.28. The topological polar surface area (TPSA) is 57.7 Å². The molecule has 1 unspecified atom stereocenters. The van der Waals surface area contributed by atoms with Crippen LogP contribution in [0.4, 0.5) is 15.8 Å². The largest absolute Gasteiger partial charge is 0.375 e. The molecule has 1 aliphatic heterocycles. The van der Waals surface area contributed by atoms with E-state index in [0.29, 0.717) is 11.4 Å². The zero-order valence-corrected chi connectivity index (χ0v) is 12.6. The Morgan fingerprint density at radius 1 is 1.40 bits per heavy atom. The van der Waals surface area contributed by atoms with Gasteiger partial charge in [-0.2, -0.15) is 0 Å². The molecule has 0 aromatic heterocycles. The van der Waals surface area contributed by atoms with Gasteiger partial charge in [0.25, 0.3) is 0 Å². The Balaban J connectivity index is 2.29. The fourth-order valence-corrected chi connectivity index (χ4v) is 3.17. The normalized spacial score (nSPS) is 19.5. The van der Waals surface area contributed by atoms with Crippen LogP contribution in [0.2, 0.25) is 0 Å². The maximum absolute atomic E-state index is 13.9. The van der Waals surface area contributed by atoms with Crippen LogP contribution in [0.15, 0.2) is 18.2 Å². The molecule has 1 saturated heterocycles. The monoisotopic (exact) mass is 320 g/mol. The lowest BCUT2D eigenvalue weighted by Gasteiger charge is -2.19. The lowest BCUT2D eigenvalue weighted by molar-refractivity contribution is -0.117. The number of carbonyl (C=O) groups is 1. The summed E-state index contributed by atoms with van der Waals surface area (Å²) in [7, 11) is 4.87. The molecule has 0 spiro atoms. The first-order chi connectivity index (χ1) is 9.20. The van der Waals surface area contributed by atoms with Crippen molar-refractivity contribution in [3.05, 3.63) is 24.0 Å². The minimum absolute atomic E-state index is 0.0502. The molecule has 20 heavy (non-hydrogen) atoms. The molecule has 1 aliphatic rings. The summed E-state index contributed by atoms with van der Waals surface area (Å²) in [4.78, 5) is 14.7. The highest BCUT2D eigenvalue weighted by Gasteiger charge is 2.38. The molecule has 0 saturated carbocycles. The first-order valence-electron chi connectivity index (χ1n) is 5.91. The summed E-state index contributed by atoms with van der Waals surface area (Å²) in [5, 5.41) is -0.951. The van der Waals surface area contributed by atoms with E-state index in [1.807, 2.05) is 0 Å². The number of hydrogen-bond acceptors (Lipinski definition) is 4. The fourth-order valence-electron chi connectivity index (χ4n) is 2.14. The summed E-state index contributed by atoms with van der Waals surface area (Å²) >= 11 is 0. The highest BCUT2D eigenvalue weighted by atomic mass is 35.7. The molecule has 1 atom stereocenters.